The van der Waals surface area contributed by atoms with Crippen LogP contribution in [0.3, 0.4) is 0 Å². The zero-order chi connectivity index (χ0) is 36.8. The van der Waals surface area contributed by atoms with Gasteiger partial charge in [0.15, 0.2) is 5.84 Å². The summed E-state index contributed by atoms with van der Waals surface area (Å²) in [5, 5.41) is 16.1. The van der Waals surface area contributed by atoms with Crippen LogP contribution in [0.25, 0.3) is 0 Å². The number of nitrogens with zero attached hydrogens (tertiary/aromatic N) is 4. The number of nitrogens with one attached hydrogen (secondary N) is 3. The highest BCUT2D eigenvalue weighted by atomic mass is 35.5. The van der Waals surface area contributed by atoms with Gasteiger partial charge in [0.05, 0.1) is 26.4 Å². The van der Waals surface area contributed by atoms with Crippen LogP contribution in [0.4, 0.5) is 28.4 Å². The van der Waals surface area contributed by atoms with Crippen LogP contribution >= 0.6 is 46.4 Å². The van der Waals surface area contributed by atoms with Crippen LogP contribution < -0.4 is 21.1 Å². The van der Waals surface area contributed by atoms with Crippen molar-refractivity contribution >= 4 is 98.4 Å². The Balaban J connectivity index is 1.45. The third-order valence-corrected chi connectivity index (χ3v) is 9.21. The van der Waals surface area contributed by atoms with Crippen molar-refractivity contribution in [3.63, 3.8) is 0 Å². The second-order valence-corrected chi connectivity index (χ2v) is 14.0. The Morgan fingerprint density at radius 3 is 1.96 bits per heavy atom. The Morgan fingerprint density at radius 1 is 0.765 bits per heavy atom. The molecule has 1 heterocycles. The Morgan fingerprint density at radius 2 is 1.35 bits per heavy atom. The van der Waals surface area contributed by atoms with Gasteiger partial charge in [0.25, 0.3) is 5.91 Å². The average Bonchev–Trinajstić information content (AvgIpc) is 3.37. The molecule has 0 aliphatic carbocycles. The Labute approximate surface area is 319 Å². The van der Waals surface area contributed by atoms with Crippen molar-refractivity contribution in [2.45, 2.75) is 96.9 Å². The lowest BCUT2D eigenvalue weighted by molar-refractivity contribution is -0.118. The summed E-state index contributed by atoms with van der Waals surface area (Å²) < 4.78 is 0. The van der Waals surface area contributed by atoms with Crippen LogP contribution in [0.15, 0.2) is 69.8 Å². The topological polar surface area (TPSA) is 128 Å². The number of amidine groups is 1. The molecule has 3 amide bonds. The molecule has 51 heavy (non-hydrogen) atoms. The number of azo groups is 1. The van der Waals surface area contributed by atoms with Crippen LogP contribution in [0.5, 0.6) is 0 Å². The van der Waals surface area contributed by atoms with Crippen molar-refractivity contribution in [3.8, 4) is 0 Å². The highest BCUT2D eigenvalue weighted by molar-refractivity contribution is 6.43. The van der Waals surface area contributed by atoms with E-state index < -0.39 is 11.9 Å². The SMILES string of the molecule is CCCCCCCCCCCCCC(=O)Nc1ccc(Cl)c(N=C2NN(c3c(Cl)cc(Cl)cc3Cl)C(=O)C2N=Nc2ccc(NC(C)=O)cc2)c1. The highest BCUT2D eigenvalue weighted by Crippen LogP contribution is 2.38. The maximum absolute atomic E-state index is 13.8. The molecule has 1 aliphatic rings. The highest BCUT2D eigenvalue weighted by Gasteiger charge is 2.41. The van der Waals surface area contributed by atoms with Crippen molar-refractivity contribution in [1.82, 2.24) is 5.43 Å². The van der Waals surface area contributed by atoms with Gasteiger partial charge in [0.1, 0.15) is 5.69 Å². The quantitative estimate of drug-likeness (QED) is 0.0878. The second-order valence-electron chi connectivity index (χ2n) is 12.3. The molecule has 1 aliphatic heterocycles. The Kier molecular flexibility index (Phi) is 16.0. The Bertz CT molecular complexity index is 1710. The van der Waals surface area contributed by atoms with E-state index in [9.17, 15) is 14.4 Å². The predicted octanol–water partition coefficient (Wildman–Crippen LogP) is 11.6. The number of carbonyl (C=O) groups is 3. The zero-order valence-electron chi connectivity index (χ0n) is 28.8. The number of amides is 3. The molecule has 1 fully saturated rings. The summed E-state index contributed by atoms with van der Waals surface area (Å²) in [6.07, 6.45) is 13.7. The van der Waals surface area contributed by atoms with Gasteiger partial charge in [-0.3, -0.25) is 19.8 Å². The molecule has 1 unspecified atom stereocenters. The lowest BCUT2D eigenvalue weighted by Gasteiger charge is -2.19. The summed E-state index contributed by atoms with van der Waals surface area (Å²) in [7, 11) is 0. The monoisotopic (exact) mass is 773 g/mol. The molecular weight excluding hydrogens is 732 g/mol. The lowest BCUT2D eigenvalue weighted by Crippen LogP contribution is -2.36. The van der Waals surface area contributed by atoms with Crippen LogP contribution in [0.2, 0.25) is 20.1 Å². The third kappa shape index (κ3) is 12.5. The smallest absolute Gasteiger partial charge is 0.280 e. The van der Waals surface area contributed by atoms with Crippen LogP contribution in [-0.4, -0.2) is 29.6 Å². The van der Waals surface area contributed by atoms with Gasteiger partial charge in [0.2, 0.25) is 17.9 Å². The lowest BCUT2D eigenvalue weighted by atomic mass is 10.1. The van der Waals surface area contributed by atoms with Crippen molar-refractivity contribution in [2.75, 3.05) is 15.6 Å². The molecule has 272 valence electrons. The number of halogens is 4. The third-order valence-electron chi connectivity index (χ3n) is 8.10. The largest absolute Gasteiger partial charge is 0.326 e. The summed E-state index contributed by atoms with van der Waals surface area (Å²) >= 11 is 25.6. The van der Waals surface area contributed by atoms with Crippen molar-refractivity contribution in [1.29, 1.82) is 0 Å². The van der Waals surface area contributed by atoms with E-state index in [1.54, 1.807) is 42.5 Å². The number of anilines is 3. The summed E-state index contributed by atoms with van der Waals surface area (Å²) in [6.45, 7) is 3.64. The molecule has 3 N–H and O–H groups in total. The molecule has 0 radical (unpaired) electrons. The van der Waals surface area contributed by atoms with E-state index in [4.69, 9.17) is 46.4 Å². The molecule has 0 aromatic heterocycles. The minimum absolute atomic E-state index is 0.0898. The maximum Gasteiger partial charge on any atom is 0.280 e. The summed E-state index contributed by atoms with van der Waals surface area (Å²) in [6, 6.07) is 13.2. The van der Waals surface area contributed by atoms with Gasteiger partial charge >= 0.3 is 0 Å². The van der Waals surface area contributed by atoms with E-state index in [1.165, 1.54) is 70.4 Å². The number of aliphatic imine (C=N–C) groups is 1. The van der Waals surface area contributed by atoms with Crippen LogP contribution in [0, 0.1) is 0 Å². The van der Waals surface area contributed by atoms with Gasteiger partial charge in [0, 0.05) is 29.7 Å². The van der Waals surface area contributed by atoms with Crippen LogP contribution in [-0.2, 0) is 14.4 Å². The molecular formula is C37H43Cl4N7O3. The number of hydrazine groups is 1. The molecule has 0 bridgehead atoms. The van der Waals surface area contributed by atoms with Crippen molar-refractivity contribution in [3.05, 3.63) is 74.7 Å². The first-order valence-corrected chi connectivity index (χ1v) is 18.8. The normalized spacial score (nSPS) is 15.1. The molecule has 4 rings (SSSR count). The summed E-state index contributed by atoms with van der Waals surface area (Å²) in [5.41, 5.74) is 4.92. The number of hydrogen-bond acceptors (Lipinski definition) is 6. The average molecular weight is 776 g/mol. The number of rotatable bonds is 18. The first-order chi connectivity index (χ1) is 24.5. The van der Waals surface area contributed by atoms with Gasteiger partial charge < -0.3 is 10.6 Å². The van der Waals surface area contributed by atoms with E-state index >= 15 is 0 Å². The van der Waals surface area contributed by atoms with Gasteiger partial charge in [-0.05, 0) is 61.0 Å². The van der Waals surface area contributed by atoms with E-state index in [0.29, 0.717) is 28.5 Å². The molecule has 1 saturated heterocycles. The molecule has 0 spiro atoms. The number of hydrogen-bond donors (Lipinski definition) is 3. The van der Waals surface area contributed by atoms with Gasteiger partial charge in [-0.1, -0.05) is 118 Å². The molecule has 0 saturated carbocycles. The van der Waals surface area contributed by atoms with Gasteiger partial charge in [-0.2, -0.15) is 10.2 Å². The molecule has 10 nitrogen and oxygen atoms in total. The number of benzene rings is 3. The molecule has 3 aromatic rings. The first-order valence-electron chi connectivity index (χ1n) is 17.3. The predicted molar refractivity (Wildman–Crippen MR) is 209 cm³/mol. The molecule has 14 heteroatoms. The van der Waals surface area contributed by atoms with E-state index in [2.05, 4.69) is 38.2 Å². The summed E-state index contributed by atoms with van der Waals surface area (Å²) in [4.78, 5) is 42.6. The van der Waals surface area contributed by atoms with E-state index in [1.807, 2.05) is 0 Å². The summed E-state index contributed by atoms with van der Waals surface area (Å²) in [5.74, 6) is -0.785. The van der Waals surface area contributed by atoms with Crippen LogP contribution in [0.1, 0.15) is 90.9 Å². The Hall–Kier alpha value is -3.70. The number of unbranched alkanes of at least 4 members (excludes halogenated alkanes) is 10. The van der Waals surface area contributed by atoms with Crippen molar-refractivity contribution < 1.29 is 14.4 Å². The van der Waals surface area contributed by atoms with Gasteiger partial charge in [-0.25, -0.2) is 10.0 Å². The minimum Gasteiger partial charge on any atom is -0.326 e. The minimum atomic E-state index is -1.24. The first kappa shape index (κ1) is 40.1. The maximum atomic E-state index is 13.8. The van der Waals surface area contributed by atoms with E-state index in [0.717, 1.165) is 24.3 Å². The second kappa shape index (κ2) is 20.4. The fourth-order valence-electron chi connectivity index (χ4n) is 5.49. The van der Waals surface area contributed by atoms with Crippen molar-refractivity contribution in [2.24, 2.45) is 15.2 Å². The van der Waals surface area contributed by atoms with E-state index in [-0.39, 0.29) is 44.1 Å². The molecule has 3 aromatic carbocycles. The zero-order valence-corrected chi connectivity index (χ0v) is 31.8. The fourth-order valence-corrected chi connectivity index (χ4v) is 6.64. The molecule has 1 atom stereocenters. The standard InChI is InChI=1S/C37H43Cl4N7O3/c1-3-4-5-6-7-8-9-10-11-12-13-14-33(50)43-28-19-20-29(39)32(23-28)44-36-34(46-45-27-17-15-26(16-18-27)42-24(2)49)37(51)48(47-36)35-30(40)21-25(38)22-31(35)41/h15-23,34H,3-14H2,1-2H3,(H,42,49)(H,43,50)(H,44,47). The fraction of sp³-hybridized carbons (Fsp3) is 0.405. The van der Waals surface area contributed by atoms with Gasteiger partial charge in [-0.15, -0.1) is 0 Å². The number of carbonyl (C=O) groups excluding carboxylic acids is 3.